The van der Waals surface area contributed by atoms with E-state index in [0.717, 1.165) is 5.56 Å². The van der Waals surface area contributed by atoms with Gasteiger partial charge in [-0.15, -0.1) is 0 Å². The van der Waals surface area contributed by atoms with Crippen molar-refractivity contribution in [3.8, 4) is 6.07 Å². The fourth-order valence-electron chi connectivity index (χ4n) is 1.54. The summed E-state index contributed by atoms with van der Waals surface area (Å²) >= 11 is 0. The van der Waals surface area contributed by atoms with Crippen LogP contribution < -0.4 is 0 Å². The minimum Gasteiger partial charge on any atom is -0.207 e. The average Bonchev–Trinajstić information content (AvgIpc) is 2.29. The standard InChI is InChI=1S/C12H16N2O2S/c1-3-8-14(9-7-13)17(15,16)12-6-4-5-11(2)10-12/h4-6,10H,3,8-9H2,1-2H3. The first-order chi connectivity index (χ1) is 8.02. The zero-order valence-electron chi connectivity index (χ0n) is 10.0. The molecule has 1 aromatic rings. The first kappa shape index (κ1) is 13.7. The van der Waals surface area contributed by atoms with Crippen molar-refractivity contribution in [1.82, 2.24) is 4.31 Å². The van der Waals surface area contributed by atoms with Crippen LogP contribution in [0.15, 0.2) is 29.2 Å². The molecule has 17 heavy (non-hydrogen) atoms. The molecule has 4 nitrogen and oxygen atoms in total. The van der Waals surface area contributed by atoms with E-state index in [0.29, 0.717) is 13.0 Å². The lowest BCUT2D eigenvalue weighted by atomic mass is 10.2. The Bertz CT molecular complexity index is 518. The van der Waals surface area contributed by atoms with Gasteiger partial charge in [0.15, 0.2) is 0 Å². The number of aryl methyl sites for hydroxylation is 1. The Morgan fingerprint density at radius 3 is 2.65 bits per heavy atom. The highest BCUT2D eigenvalue weighted by molar-refractivity contribution is 7.89. The third-order valence-corrected chi connectivity index (χ3v) is 4.19. The minimum absolute atomic E-state index is 0.107. The van der Waals surface area contributed by atoms with Gasteiger partial charge < -0.3 is 0 Å². The van der Waals surface area contributed by atoms with Crippen molar-refractivity contribution < 1.29 is 8.42 Å². The van der Waals surface area contributed by atoms with E-state index in [1.165, 1.54) is 4.31 Å². The number of hydrogen-bond acceptors (Lipinski definition) is 3. The average molecular weight is 252 g/mol. The van der Waals surface area contributed by atoms with Gasteiger partial charge in [-0.25, -0.2) is 8.42 Å². The molecule has 0 aliphatic heterocycles. The van der Waals surface area contributed by atoms with Gasteiger partial charge in [-0.3, -0.25) is 0 Å². The molecule has 0 amide bonds. The summed E-state index contributed by atoms with van der Waals surface area (Å²) in [5.74, 6) is 0. The minimum atomic E-state index is -3.54. The van der Waals surface area contributed by atoms with Crippen LogP contribution in [-0.2, 0) is 10.0 Å². The smallest absolute Gasteiger partial charge is 0.207 e. The predicted molar refractivity (Wildman–Crippen MR) is 65.8 cm³/mol. The van der Waals surface area contributed by atoms with Crippen LogP contribution in [0.3, 0.4) is 0 Å². The Kier molecular flexibility index (Phi) is 4.67. The molecule has 1 rings (SSSR count). The van der Waals surface area contributed by atoms with Crippen LogP contribution in [-0.4, -0.2) is 25.8 Å². The summed E-state index contributed by atoms with van der Waals surface area (Å²) in [6, 6.07) is 8.62. The topological polar surface area (TPSA) is 61.2 Å². The number of benzene rings is 1. The molecule has 0 aliphatic carbocycles. The van der Waals surface area contributed by atoms with Crippen molar-refractivity contribution in [1.29, 1.82) is 5.26 Å². The van der Waals surface area contributed by atoms with Gasteiger partial charge in [0.05, 0.1) is 11.0 Å². The van der Waals surface area contributed by atoms with E-state index in [2.05, 4.69) is 0 Å². The Morgan fingerprint density at radius 1 is 1.41 bits per heavy atom. The number of rotatable bonds is 5. The molecule has 0 radical (unpaired) electrons. The van der Waals surface area contributed by atoms with Crippen molar-refractivity contribution in [2.75, 3.05) is 13.1 Å². The summed E-state index contributed by atoms with van der Waals surface area (Å²) < 4.78 is 25.7. The van der Waals surface area contributed by atoms with Gasteiger partial charge in [-0.2, -0.15) is 9.57 Å². The molecular formula is C12H16N2O2S. The molecule has 0 saturated carbocycles. The molecule has 5 heteroatoms. The largest absolute Gasteiger partial charge is 0.244 e. The second-order valence-electron chi connectivity index (χ2n) is 3.81. The van der Waals surface area contributed by atoms with E-state index in [4.69, 9.17) is 5.26 Å². The van der Waals surface area contributed by atoms with Crippen LogP contribution in [0.2, 0.25) is 0 Å². The summed E-state index contributed by atoms with van der Waals surface area (Å²) in [6.45, 7) is 3.98. The molecule has 1 aromatic carbocycles. The van der Waals surface area contributed by atoms with Gasteiger partial charge in [-0.1, -0.05) is 19.1 Å². The number of sulfonamides is 1. The molecule has 0 aromatic heterocycles. The lowest BCUT2D eigenvalue weighted by Gasteiger charge is -2.18. The molecule has 92 valence electrons. The summed E-state index contributed by atoms with van der Waals surface area (Å²) in [7, 11) is -3.54. The first-order valence-corrected chi connectivity index (χ1v) is 6.90. The van der Waals surface area contributed by atoms with E-state index < -0.39 is 10.0 Å². The summed E-state index contributed by atoms with van der Waals surface area (Å²) in [5, 5.41) is 8.67. The van der Waals surface area contributed by atoms with Crippen molar-refractivity contribution in [3.63, 3.8) is 0 Å². The quantitative estimate of drug-likeness (QED) is 0.752. The third-order valence-electron chi connectivity index (χ3n) is 2.35. The highest BCUT2D eigenvalue weighted by atomic mass is 32.2. The van der Waals surface area contributed by atoms with Crippen LogP contribution >= 0.6 is 0 Å². The summed E-state index contributed by atoms with van der Waals surface area (Å²) in [4.78, 5) is 0.251. The molecule has 0 fully saturated rings. The highest BCUT2D eigenvalue weighted by Gasteiger charge is 2.23. The lowest BCUT2D eigenvalue weighted by molar-refractivity contribution is 0.444. The summed E-state index contributed by atoms with van der Waals surface area (Å²) in [6.07, 6.45) is 0.687. The van der Waals surface area contributed by atoms with Crippen LogP contribution in [0, 0.1) is 18.3 Å². The zero-order valence-corrected chi connectivity index (χ0v) is 10.9. The Balaban J connectivity index is 3.12. The molecule has 0 unspecified atom stereocenters. The molecule has 0 aliphatic rings. The molecule has 0 atom stereocenters. The Labute approximate surface area is 103 Å². The van der Waals surface area contributed by atoms with Crippen molar-refractivity contribution in [3.05, 3.63) is 29.8 Å². The van der Waals surface area contributed by atoms with Gasteiger partial charge in [0.1, 0.15) is 6.54 Å². The fourth-order valence-corrected chi connectivity index (χ4v) is 3.07. The highest BCUT2D eigenvalue weighted by Crippen LogP contribution is 2.16. The van der Waals surface area contributed by atoms with Gasteiger partial charge in [0, 0.05) is 6.54 Å². The van der Waals surface area contributed by atoms with Gasteiger partial charge in [0.25, 0.3) is 0 Å². The fraction of sp³-hybridized carbons (Fsp3) is 0.417. The number of hydrogen-bond donors (Lipinski definition) is 0. The van der Waals surface area contributed by atoms with E-state index >= 15 is 0 Å². The van der Waals surface area contributed by atoms with Crippen LogP contribution in [0.1, 0.15) is 18.9 Å². The van der Waals surface area contributed by atoms with Gasteiger partial charge in [0.2, 0.25) is 10.0 Å². The maximum Gasteiger partial charge on any atom is 0.244 e. The van der Waals surface area contributed by atoms with Crippen molar-refractivity contribution >= 4 is 10.0 Å². The van der Waals surface area contributed by atoms with E-state index in [1.54, 1.807) is 18.2 Å². The second kappa shape index (κ2) is 5.80. The normalized spacial score (nSPS) is 11.4. The predicted octanol–water partition coefficient (Wildman–Crippen LogP) is 1.92. The molecule has 0 heterocycles. The monoisotopic (exact) mass is 252 g/mol. The van der Waals surface area contributed by atoms with Gasteiger partial charge in [-0.05, 0) is 31.0 Å². The first-order valence-electron chi connectivity index (χ1n) is 5.46. The molecule has 0 N–H and O–H groups in total. The second-order valence-corrected chi connectivity index (χ2v) is 5.75. The molecule has 0 saturated heterocycles. The Morgan fingerprint density at radius 2 is 2.12 bits per heavy atom. The van der Waals surface area contributed by atoms with E-state index in [-0.39, 0.29) is 11.4 Å². The van der Waals surface area contributed by atoms with Crippen molar-refractivity contribution in [2.45, 2.75) is 25.2 Å². The van der Waals surface area contributed by atoms with E-state index in [1.807, 2.05) is 26.0 Å². The summed E-state index contributed by atoms with van der Waals surface area (Å²) in [5.41, 5.74) is 0.888. The van der Waals surface area contributed by atoms with Crippen molar-refractivity contribution in [2.24, 2.45) is 0 Å². The number of nitriles is 1. The zero-order chi connectivity index (χ0) is 12.9. The maximum absolute atomic E-state index is 12.2. The van der Waals surface area contributed by atoms with Crippen LogP contribution in [0.4, 0.5) is 0 Å². The third kappa shape index (κ3) is 3.29. The molecule has 0 spiro atoms. The molecular weight excluding hydrogens is 236 g/mol. The maximum atomic E-state index is 12.2. The van der Waals surface area contributed by atoms with Gasteiger partial charge >= 0.3 is 0 Å². The lowest BCUT2D eigenvalue weighted by Crippen LogP contribution is -2.32. The van der Waals surface area contributed by atoms with Crippen LogP contribution in [0.25, 0.3) is 0 Å². The molecule has 0 bridgehead atoms. The number of nitrogens with zero attached hydrogens (tertiary/aromatic N) is 2. The Hall–Kier alpha value is -1.38. The SMILES string of the molecule is CCCN(CC#N)S(=O)(=O)c1cccc(C)c1. The van der Waals surface area contributed by atoms with Crippen LogP contribution in [0.5, 0.6) is 0 Å². The van der Waals surface area contributed by atoms with E-state index in [9.17, 15) is 8.42 Å².